The lowest BCUT2D eigenvalue weighted by atomic mass is 10.0. The van der Waals surface area contributed by atoms with Crippen molar-refractivity contribution in [1.29, 1.82) is 0 Å². The molecule has 7 nitrogen and oxygen atoms in total. The number of phenols is 1. The molecule has 4 N–H and O–H groups in total. The van der Waals surface area contributed by atoms with E-state index in [1.54, 1.807) is 30.5 Å². The van der Waals surface area contributed by atoms with Crippen LogP contribution >= 0.6 is 0 Å². The number of benzene rings is 2. The zero-order valence-corrected chi connectivity index (χ0v) is 12.8. The highest BCUT2D eigenvalue weighted by Gasteiger charge is 2.14. The van der Waals surface area contributed by atoms with Crippen molar-refractivity contribution in [2.45, 2.75) is 13.0 Å². The number of phenolic OH excluding ortho intramolecular Hbond substituents is 1. The summed E-state index contributed by atoms with van der Waals surface area (Å²) < 4.78 is 1.53. The van der Waals surface area contributed by atoms with E-state index in [0.717, 1.165) is 5.39 Å². The second-order valence-corrected chi connectivity index (χ2v) is 5.32. The van der Waals surface area contributed by atoms with Gasteiger partial charge in [-0.15, -0.1) is 0 Å². The predicted molar refractivity (Wildman–Crippen MR) is 89.6 cm³/mol. The summed E-state index contributed by atoms with van der Waals surface area (Å²) in [5.74, 6) is -0.383. The van der Waals surface area contributed by atoms with Crippen LogP contribution in [0.25, 0.3) is 10.8 Å². The zero-order valence-electron chi connectivity index (χ0n) is 12.8. The van der Waals surface area contributed by atoms with Gasteiger partial charge in [0.2, 0.25) is 5.91 Å². The van der Waals surface area contributed by atoms with Gasteiger partial charge in [-0.05, 0) is 17.5 Å². The predicted octanol–water partition coefficient (Wildman–Crippen LogP) is 1.87. The van der Waals surface area contributed by atoms with Crippen molar-refractivity contribution in [3.63, 3.8) is 0 Å². The maximum atomic E-state index is 12.5. The molecule has 2 amide bonds. The van der Waals surface area contributed by atoms with Gasteiger partial charge in [-0.3, -0.25) is 14.3 Å². The molecular weight excluding hydrogens is 308 g/mol. The fourth-order valence-corrected chi connectivity index (χ4v) is 2.47. The van der Waals surface area contributed by atoms with E-state index in [4.69, 9.17) is 5.73 Å². The molecule has 2 aromatic carbocycles. The Morgan fingerprint density at radius 3 is 2.67 bits per heavy atom. The minimum absolute atomic E-state index is 0.0465. The van der Waals surface area contributed by atoms with Gasteiger partial charge in [0.05, 0.1) is 5.56 Å². The Morgan fingerprint density at radius 2 is 1.92 bits per heavy atom. The topological polar surface area (TPSA) is 110 Å². The number of fused-ring (bicyclic) bond motifs is 1. The highest BCUT2D eigenvalue weighted by molar-refractivity contribution is 6.14. The molecule has 3 rings (SSSR count). The Balaban J connectivity index is 1.82. The summed E-state index contributed by atoms with van der Waals surface area (Å²) in [5, 5.41) is 18.2. The van der Waals surface area contributed by atoms with Crippen molar-refractivity contribution in [2.24, 2.45) is 5.73 Å². The number of hydrogen-bond acceptors (Lipinski definition) is 4. The van der Waals surface area contributed by atoms with E-state index >= 15 is 0 Å². The molecule has 0 saturated carbocycles. The number of aromatic nitrogens is 2. The first kappa shape index (κ1) is 15.5. The number of primary amides is 1. The molecule has 1 heterocycles. The van der Waals surface area contributed by atoms with Crippen LogP contribution in [0.1, 0.15) is 16.8 Å². The van der Waals surface area contributed by atoms with E-state index in [9.17, 15) is 14.7 Å². The lowest BCUT2D eigenvalue weighted by Gasteiger charge is -2.08. The van der Waals surface area contributed by atoms with E-state index in [0.29, 0.717) is 23.3 Å². The van der Waals surface area contributed by atoms with E-state index in [1.807, 2.05) is 12.1 Å². The van der Waals surface area contributed by atoms with Crippen LogP contribution in [-0.4, -0.2) is 26.7 Å². The number of nitrogens with two attached hydrogens (primary N) is 1. The number of rotatable bonds is 5. The zero-order chi connectivity index (χ0) is 17.1. The molecule has 0 radical (unpaired) electrons. The van der Waals surface area contributed by atoms with Gasteiger partial charge < -0.3 is 16.2 Å². The monoisotopic (exact) mass is 324 g/mol. The second kappa shape index (κ2) is 6.41. The SMILES string of the molecule is NC(=O)CCn1ccc(NC(=O)c2cccc3cccc(O)c23)n1. The fraction of sp³-hybridized carbons (Fsp3) is 0.118. The van der Waals surface area contributed by atoms with Gasteiger partial charge in [-0.25, -0.2) is 0 Å². The number of anilines is 1. The Labute approximate surface area is 137 Å². The number of carbonyl (C=O) groups excluding carboxylic acids is 2. The van der Waals surface area contributed by atoms with Crippen molar-refractivity contribution < 1.29 is 14.7 Å². The third-order valence-electron chi connectivity index (χ3n) is 3.60. The minimum Gasteiger partial charge on any atom is -0.507 e. The molecule has 0 spiro atoms. The van der Waals surface area contributed by atoms with Crippen LogP contribution in [0.15, 0.2) is 48.7 Å². The van der Waals surface area contributed by atoms with Crippen molar-refractivity contribution in [2.75, 3.05) is 5.32 Å². The highest BCUT2D eigenvalue weighted by Crippen LogP contribution is 2.28. The molecule has 0 bridgehead atoms. The van der Waals surface area contributed by atoms with E-state index in [-0.39, 0.29) is 18.1 Å². The summed E-state index contributed by atoms with van der Waals surface area (Å²) in [6, 6.07) is 11.9. The summed E-state index contributed by atoms with van der Waals surface area (Å²) in [6.45, 7) is 0.347. The first-order valence-corrected chi connectivity index (χ1v) is 7.38. The Morgan fingerprint density at radius 1 is 1.17 bits per heavy atom. The summed E-state index contributed by atoms with van der Waals surface area (Å²) >= 11 is 0. The Hall–Kier alpha value is -3.35. The standard InChI is InChI=1S/C17H16N4O3/c18-14(23)7-9-21-10-8-15(20-21)19-17(24)12-5-1-3-11-4-2-6-13(22)16(11)12/h1-6,8,10,22H,7,9H2,(H2,18,23)(H,19,20,24). The summed E-state index contributed by atoms with van der Waals surface area (Å²) in [6.07, 6.45) is 1.82. The molecular formula is C17H16N4O3. The third kappa shape index (κ3) is 3.19. The molecule has 0 unspecified atom stereocenters. The summed E-state index contributed by atoms with van der Waals surface area (Å²) in [5.41, 5.74) is 5.46. The van der Waals surface area contributed by atoms with Crippen LogP contribution in [0, 0.1) is 0 Å². The average molecular weight is 324 g/mol. The Bertz CT molecular complexity index is 912. The van der Waals surface area contributed by atoms with Gasteiger partial charge in [0.15, 0.2) is 5.82 Å². The maximum Gasteiger partial charge on any atom is 0.257 e. The molecule has 0 atom stereocenters. The van der Waals surface area contributed by atoms with Gasteiger partial charge in [0, 0.05) is 30.6 Å². The smallest absolute Gasteiger partial charge is 0.257 e. The minimum atomic E-state index is -0.415. The van der Waals surface area contributed by atoms with Crippen molar-refractivity contribution >= 4 is 28.4 Å². The van der Waals surface area contributed by atoms with Gasteiger partial charge in [-0.2, -0.15) is 5.10 Å². The second-order valence-electron chi connectivity index (χ2n) is 5.32. The molecule has 0 fully saturated rings. The largest absolute Gasteiger partial charge is 0.507 e. The van der Waals surface area contributed by atoms with Crippen LogP contribution in [0.5, 0.6) is 5.75 Å². The molecule has 0 aliphatic carbocycles. The lowest BCUT2D eigenvalue weighted by molar-refractivity contribution is -0.118. The maximum absolute atomic E-state index is 12.5. The average Bonchev–Trinajstić information content (AvgIpc) is 3.00. The normalized spacial score (nSPS) is 10.7. The molecule has 7 heteroatoms. The van der Waals surface area contributed by atoms with Crippen LogP contribution in [-0.2, 0) is 11.3 Å². The fourth-order valence-electron chi connectivity index (χ4n) is 2.47. The number of hydrogen-bond donors (Lipinski definition) is 3. The van der Waals surface area contributed by atoms with Crippen molar-refractivity contribution in [3.8, 4) is 5.75 Å². The Kier molecular flexibility index (Phi) is 4.15. The van der Waals surface area contributed by atoms with E-state index in [2.05, 4.69) is 10.4 Å². The van der Waals surface area contributed by atoms with Crippen molar-refractivity contribution in [3.05, 3.63) is 54.2 Å². The van der Waals surface area contributed by atoms with Crippen LogP contribution < -0.4 is 11.1 Å². The number of carbonyl (C=O) groups is 2. The van der Waals surface area contributed by atoms with Crippen LogP contribution in [0.4, 0.5) is 5.82 Å². The van der Waals surface area contributed by atoms with Gasteiger partial charge in [0.1, 0.15) is 5.75 Å². The van der Waals surface area contributed by atoms with Gasteiger partial charge in [0.25, 0.3) is 5.91 Å². The number of aryl methyl sites for hydroxylation is 1. The lowest BCUT2D eigenvalue weighted by Crippen LogP contribution is -2.15. The molecule has 24 heavy (non-hydrogen) atoms. The quantitative estimate of drug-likeness (QED) is 0.665. The molecule has 0 aliphatic rings. The van der Waals surface area contributed by atoms with Gasteiger partial charge >= 0.3 is 0 Å². The molecule has 122 valence electrons. The number of aromatic hydroxyl groups is 1. The van der Waals surface area contributed by atoms with Crippen LogP contribution in [0.3, 0.4) is 0 Å². The number of nitrogens with zero attached hydrogens (tertiary/aromatic N) is 2. The first-order chi connectivity index (χ1) is 11.5. The molecule has 1 aromatic heterocycles. The van der Waals surface area contributed by atoms with Crippen LogP contribution in [0.2, 0.25) is 0 Å². The first-order valence-electron chi connectivity index (χ1n) is 7.38. The molecule has 0 aliphatic heterocycles. The molecule has 0 saturated heterocycles. The highest BCUT2D eigenvalue weighted by atomic mass is 16.3. The summed E-state index contributed by atoms with van der Waals surface area (Å²) in [4.78, 5) is 23.3. The molecule has 3 aromatic rings. The summed E-state index contributed by atoms with van der Waals surface area (Å²) in [7, 11) is 0. The van der Waals surface area contributed by atoms with E-state index in [1.165, 1.54) is 10.7 Å². The van der Waals surface area contributed by atoms with Gasteiger partial charge in [-0.1, -0.05) is 24.3 Å². The number of nitrogens with one attached hydrogen (secondary N) is 1. The van der Waals surface area contributed by atoms with E-state index < -0.39 is 5.91 Å². The third-order valence-corrected chi connectivity index (χ3v) is 3.60. The number of amides is 2. The van der Waals surface area contributed by atoms with Crippen molar-refractivity contribution in [1.82, 2.24) is 9.78 Å².